The average Bonchev–Trinajstić information content (AvgIpc) is 3.02. The van der Waals surface area contributed by atoms with Crippen LogP contribution in [0, 0.1) is 0 Å². The molecule has 25 heavy (non-hydrogen) atoms. The van der Waals surface area contributed by atoms with E-state index in [0.717, 1.165) is 28.4 Å². The molecule has 2 N–H and O–H groups in total. The Morgan fingerprint density at radius 1 is 1.04 bits per heavy atom. The quantitative estimate of drug-likeness (QED) is 0.675. The number of aromatic nitrogens is 2. The van der Waals surface area contributed by atoms with Gasteiger partial charge in [-0.05, 0) is 35.4 Å². The molecule has 0 aliphatic heterocycles. The summed E-state index contributed by atoms with van der Waals surface area (Å²) in [6.45, 7) is -0.156. The van der Waals surface area contributed by atoms with E-state index in [4.69, 9.17) is 0 Å². The van der Waals surface area contributed by atoms with Crippen LogP contribution in [0.4, 0.5) is 0 Å². The van der Waals surface area contributed by atoms with E-state index in [1.54, 1.807) is 24.5 Å². The smallest absolute Gasteiger partial charge is 0.240 e. The Balaban J connectivity index is 1.83. The Labute approximate surface area is 146 Å². The Hall–Kier alpha value is -2.23. The maximum absolute atomic E-state index is 12.2. The Morgan fingerprint density at radius 2 is 1.76 bits per heavy atom. The number of aromatic amines is 1. The van der Waals surface area contributed by atoms with Crippen LogP contribution in [0.25, 0.3) is 22.2 Å². The molecule has 0 radical (unpaired) electrons. The van der Waals surface area contributed by atoms with Gasteiger partial charge in [0.1, 0.15) is 15.5 Å². The first-order chi connectivity index (χ1) is 11.8. The average molecular weight is 379 g/mol. The van der Waals surface area contributed by atoms with Gasteiger partial charge in [0, 0.05) is 30.6 Å². The van der Waals surface area contributed by atoms with Crippen molar-refractivity contribution in [3.05, 3.63) is 48.8 Å². The van der Waals surface area contributed by atoms with Crippen LogP contribution in [-0.4, -0.2) is 45.4 Å². The molecule has 0 aliphatic carbocycles. The minimum atomic E-state index is -3.75. The highest BCUT2D eigenvalue weighted by Gasteiger charge is 2.15. The van der Waals surface area contributed by atoms with E-state index < -0.39 is 19.9 Å². The second-order valence-electron chi connectivity index (χ2n) is 5.65. The van der Waals surface area contributed by atoms with Crippen molar-refractivity contribution in [2.45, 2.75) is 4.90 Å². The number of nitrogens with one attached hydrogen (secondary N) is 2. The van der Waals surface area contributed by atoms with Gasteiger partial charge >= 0.3 is 0 Å². The molecule has 132 valence electrons. The van der Waals surface area contributed by atoms with Crippen LogP contribution in [0.5, 0.6) is 0 Å². The van der Waals surface area contributed by atoms with Crippen LogP contribution in [0.2, 0.25) is 0 Å². The van der Waals surface area contributed by atoms with Gasteiger partial charge in [-0.3, -0.25) is 0 Å². The third-order valence-electron chi connectivity index (χ3n) is 3.70. The zero-order valence-corrected chi connectivity index (χ0v) is 15.1. The highest BCUT2D eigenvalue weighted by molar-refractivity contribution is 7.91. The topological polar surface area (TPSA) is 109 Å². The molecule has 3 rings (SSSR count). The Kier molecular flexibility index (Phi) is 4.63. The number of pyridine rings is 1. The fourth-order valence-corrected chi connectivity index (χ4v) is 4.10. The summed E-state index contributed by atoms with van der Waals surface area (Å²) in [7, 11) is -6.97. The van der Waals surface area contributed by atoms with Gasteiger partial charge in [0.2, 0.25) is 10.0 Å². The largest absolute Gasteiger partial charge is 0.346 e. The number of hydrogen-bond acceptors (Lipinski definition) is 5. The normalized spacial score (nSPS) is 12.5. The molecule has 0 amide bonds. The maximum Gasteiger partial charge on any atom is 0.240 e. The number of sulfonamides is 1. The summed E-state index contributed by atoms with van der Waals surface area (Å²) in [5.41, 5.74) is 2.57. The molecule has 3 aromatic rings. The van der Waals surface area contributed by atoms with Crippen molar-refractivity contribution >= 4 is 30.9 Å². The van der Waals surface area contributed by atoms with Crippen LogP contribution in [0.1, 0.15) is 0 Å². The predicted octanol–water partition coefficient (Wildman–Crippen LogP) is 1.55. The van der Waals surface area contributed by atoms with Crippen LogP contribution < -0.4 is 4.72 Å². The summed E-state index contributed by atoms with van der Waals surface area (Å²) >= 11 is 0. The van der Waals surface area contributed by atoms with E-state index in [1.807, 2.05) is 12.1 Å². The van der Waals surface area contributed by atoms with Crippen LogP contribution >= 0.6 is 0 Å². The van der Waals surface area contributed by atoms with Gasteiger partial charge in [-0.1, -0.05) is 12.1 Å². The zero-order chi connectivity index (χ0) is 18.1. The summed E-state index contributed by atoms with van der Waals surface area (Å²) in [6, 6.07) is 10.2. The lowest BCUT2D eigenvalue weighted by atomic mass is 10.0. The molecule has 0 saturated carbocycles. The van der Waals surface area contributed by atoms with E-state index in [-0.39, 0.29) is 17.2 Å². The summed E-state index contributed by atoms with van der Waals surface area (Å²) in [5, 5.41) is 0.949. The fourth-order valence-electron chi connectivity index (χ4n) is 2.47. The first kappa shape index (κ1) is 17.6. The van der Waals surface area contributed by atoms with Crippen molar-refractivity contribution in [1.82, 2.24) is 14.7 Å². The van der Waals surface area contributed by atoms with Crippen LogP contribution in [0.15, 0.2) is 53.7 Å². The lowest BCUT2D eigenvalue weighted by molar-refractivity contribution is 0.582. The van der Waals surface area contributed by atoms with Gasteiger partial charge in [-0.15, -0.1) is 0 Å². The molecule has 0 aliphatic rings. The van der Waals surface area contributed by atoms with Gasteiger partial charge < -0.3 is 4.98 Å². The zero-order valence-electron chi connectivity index (χ0n) is 13.4. The molecular weight excluding hydrogens is 362 g/mol. The predicted molar refractivity (Wildman–Crippen MR) is 96.4 cm³/mol. The number of fused-ring (bicyclic) bond motifs is 1. The first-order valence-corrected chi connectivity index (χ1v) is 11.0. The van der Waals surface area contributed by atoms with Gasteiger partial charge in [0.25, 0.3) is 0 Å². The number of H-pyrrole nitrogens is 1. The summed E-state index contributed by atoms with van der Waals surface area (Å²) in [4.78, 5) is 7.35. The fraction of sp³-hybridized carbons (Fsp3) is 0.188. The number of nitrogens with zero attached hydrogens (tertiary/aromatic N) is 1. The van der Waals surface area contributed by atoms with Crippen molar-refractivity contribution in [1.29, 1.82) is 0 Å². The second-order valence-corrected chi connectivity index (χ2v) is 9.68. The molecule has 0 saturated heterocycles. The van der Waals surface area contributed by atoms with Gasteiger partial charge in [0.05, 0.1) is 10.6 Å². The molecule has 1 aromatic carbocycles. The van der Waals surface area contributed by atoms with E-state index in [2.05, 4.69) is 14.7 Å². The summed E-state index contributed by atoms with van der Waals surface area (Å²) < 4.78 is 48.9. The molecule has 7 nitrogen and oxygen atoms in total. The number of sulfone groups is 1. The van der Waals surface area contributed by atoms with Crippen LogP contribution in [-0.2, 0) is 19.9 Å². The minimum Gasteiger partial charge on any atom is -0.346 e. The monoisotopic (exact) mass is 379 g/mol. The Bertz CT molecular complexity index is 1100. The number of rotatable bonds is 6. The van der Waals surface area contributed by atoms with Crippen molar-refractivity contribution < 1.29 is 16.8 Å². The lowest BCUT2D eigenvalue weighted by Gasteiger charge is -2.08. The molecule has 0 fully saturated rings. The van der Waals surface area contributed by atoms with Crippen molar-refractivity contribution in [2.24, 2.45) is 0 Å². The lowest BCUT2D eigenvalue weighted by Crippen LogP contribution is -2.28. The van der Waals surface area contributed by atoms with Gasteiger partial charge in [-0.25, -0.2) is 26.5 Å². The minimum absolute atomic E-state index is 0.0871. The molecular formula is C16H17N3O4S2. The molecule has 2 heterocycles. The SMILES string of the molecule is CS(=O)(=O)CCNS(=O)(=O)c1ccc(-c2ccnc3[nH]ccc23)cc1. The van der Waals surface area contributed by atoms with Crippen molar-refractivity contribution in [3.63, 3.8) is 0 Å². The Morgan fingerprint density at radius 3 is 2.44 bits per heavy atom. The van der Waals surface area contributed by atoms with Gasteiger partial charge in [-0.2, -0.15) is 0 Å². The van der Waals surface area contributed by atoms with Crippen molar-refractivity contribution in [3.8, 4) is 11.1 Å². The molecule has 0 unspecified atom stereocenters. The molecule has 0 atom stereocenters. The molecule has 0 spiro atoms. The van der Waals surface area contributed by atoms with E-state index in [9.17, 15) is 16.8 Å². The highest BCUT2D eigenvalue weighted by atomic mass is 32.2. The number of benzene rings is 1. The standard InChI is InChI=1S/C16H17N3O4S2/c1-24(20,21)11-10-19-25(22,23)13-4-2-12(3-5-13)14-6-8-17-16-15(14)7-9-18-16/h2-9,19H,10-11H2,1H3,(H,17,18). The molecule has 9 heteroatoms. The van der Waals surface area contributed by atoms with Crippen molar-refractivity contribution in [2.75, 3.05) is 18.6 Å². The summed E-state index contributed by atoms with van der Waals surface area (Å²) in [5.74, 6) is -0.243. The molecule has 2 aromatic heterocycles. The highest BCUT2D eigenvalue weighted by Crippen LogP contribution is 2.27. The molecule has 0 bridgehead atoms. The maximum atomic E-state index is 12.2. The summed E-state index contributed by atoms with van der Waals surface area (Å²) in [6.07, 6.45) is 4.55. The third kappa shape index (κ3) is 4.06. The van der Waals surface area contributed by atoms with E-state index in [1.165, 1.54) is 12.1 Å². The van der Waals surface area contributed by atoms with E-state index in [0.29, 0.717) is 0 Å². The second kappa shape index (κ2) is 6.58. The van der Waals surface area contributed by atoms with Crippen LogP contribution in [0.3, 0.4) is 0 Å². The first-order valence-electron chi connectivity index (χ1n) is 7.46. The third-order valence-corrected chi connectivity index (χ3v) is 6.12. The van der Waals surface area contributed by atoms with E-state index >= 15 is 0 Å². The van der Waals surface area contributed by atoms with Gasteiger partial charge in [0.15, 0.2) is 0 Å². The number of hydrogen-bond donors (Lipinski definition) is 2.